The zero-order chi connectivity index (χ0) is 12.0. The van der Waals surface area contributed by atoms with E-state index in [0.29, 0.717) is 18.4 Å². The van der Waals surface area contributed by atoms with Gasteiger partial charge in [-0.1, -0.05) is 13.8 Å². The van der Waals surface area contributed by atoms with Crippen LogP contribution in [0.3, 0.4) is 0 Å². The van der Waals surface area contributed by atoms with Crippen LogP contribution in [0.1, 0.15) is 40.5 Å². The Hall–Kier alpha value is -0.570. The lowest BCUT2D eigenvalue weighted by atomic mass is 9.56. The minimum absolute atomic E-state index is 0.0451. The van der Waals surface area contributed by atoms with Crippen LogP contribution < -0.4 is 0 Å². The zero-order valence-electron chi connectivity index (χ0n) is 10.7. The van der Waals surface area contributed by atoms with E-state index in [4.69, 9.17) is 9.47 Å². The second-order valence-corrected chi connectivity index (χ2v) is 5.96. The summed E-state index contributed by atoms with van der Waals surface area (Å²) in [6.07, 6.45) is 2.16. The van der Waals surface area contributed by atoms with Crippen molar-refractivity contribution in [3.05, 3.63) is 0 Å². The van der Waals surface area contributed by atoms with Crippen molar-refractivity contribution in [2.45, 2.75) is 46.1 Å². The fourth-order valence-electron chi connectivity index (χ4n) is 3.54. The van der Waals surface area contributed by atoms with Gasteiger partial charge in [0.25, 0.3) is 0 Å². The Morgan fingerprint density at radius 3 is 2.38 bits per heavy atom. The number of esters is 1. The summed E-state index contributed by atoms with van der Waals surface area (Å²) >= 11 is 0. The molecule has 1 aliphatic carbocycles. The molecule has 3 nitrogen and oxygen atoms in total. The van der Waals surface area contributed by atoms with E-state index in [-0.39, 0.29) is 17.0 Å². The maximum Gasteiger partial charge on any atom is 0.302 e. The molecule has 3 fully saturated rings. The molecule has 2 aliphatic heterocycles. The zero-order valence-corrected chi connectivity index (χ0v) is 10.7. The van der Waals surface area contributed by atoms with Gasteiger partial charge in [-0.05, 0) is 31.6 Å². The van der Waals surface area contributed by atoms with Crippen LogP contribution >= 0.6 is 0 Å². The highest BCUT2D eigenvalue weighted by atomic mass is 16.5. The molecule has 0 N–H and O–H groups in total. The van der Waals surface area contributed by atoms with Gasteiger partial charge in [0.1, 0.15) is 0 Å². The second kappa shape index (κ2) is 3.73. The van der Waals surface area contributed by atoms with Crippen LogP contribution in [-0.2, 0) is 14.3 Å². The molecule has 0 amide bonds. The fraction of sp³-hybridized carbons (Fsp3) is 0.923. The number of rotatable bonds is 2. The van der Waals surface area contributed by atoms with Crippen LogP contribution in [-0.4, -0.2) is 24.8 Å². The third kappa shape index (κ3) is 1.75. The summed E-state index contributed by atoms with van der Waals surface area (Å²) in [5.74, 6) is 0.941. The normalized spacial score (nSPS) is 46.8. The van der Waals surface area contributed by atoms with Crippen molar-refractivity contribution in [1.29, 1.82) is 0 Å². The molecule has 2 unspecified atom stereocenters. The van der Waals surface area contributed by atoms with Gasteiger partial charge in [-0.2, -0.15) is 0 Å². The van der Waals surface area contributed by atoms with Crippen LogP contribution in [0.15, 0.2) is 0 Å². The van der Waals surface area contributed by atoms with Crippen LogP contribution in [0.2, 0.25) is 0 Å². The Morgan fingerprint density at radius 1 is 1.38 bits per heavy atom. The van der Waals surface area contributed by atoms with Crippen molar-refractivity contribution in [2.24, 2.45) is 17.3 Å². The summed E-state index contributed by atoms with van der Waals surface area (Å²) in [5.41, 5.74) is 0.0975. The lowest BCUT2D eigenvalue weighted by Crippen LogP contribution is -2.60. The van der Waals surface area contributed by atoms with Crippen molar-refractivity contribution in [3.8, 4) is 0 Å². The molecule has 0 aromatic rings. The van der Waals surface area contributed by atoms with E-state index in [1.165, 1.54) is 6.92 Å². The molecule has 0 spiro atoms. The molecule has 2 bridgehead atoms. The van der Waals surface area contributed by atoms with Crippen molar-refractivity contribution < 1.29 is 14.3 Å². The maximum atomic E-state index is 11.0. The third-order valence-electron chi connectivity index (χ3n) is 4.67. The van der Waals surface area contributed by atoms with Gasteiger partial charge < -0.3 is 9.47 Å². The van der Waals surface area contributed by atoms with E-state index in [1.807, 2.05) is 0 Å². The molecule has 0 aromatic heterocycles. The van der Waals surface area contributed by atoms with Gasteiger partial charge in [0.2, 0.25) is 0 Å². The largest absolute Gasteiger partial charge is 0.465 e. The molecule has 2 saturated heterocycles. The van der Waals surface area contributed by atoms with Crippen molar-refractivity contribution in [2.75, 3.05) is 13.2 Å². The molecule has 16 heavy (non-hydrogen) atoms. The van der Waals surface area contributed by atoms with Gasteiger partial charge in [0.05, 0.1) is 18.8 Å². The molecule has 0 aromatic carbocycles. The number of hydrogen-bond acceptors (Lipinski definition) is 3. The standard InChI is InChI=1S/C13H22O3/c1-9-5-12(4)6-10(2)13(9,8-16-12)7-15-11(3)14/h9-10H,5-8H2,1-4H3/t9-,10+,12?,13?. The maximum absolute atomic E-state index is 11.0. The first-order chi connectivity index (χ1) is 7.38. The number of hydrogen-bond donors (Lipinski definition) is 0. The van der Waals surface area contributed by atoms with Crippen LogP contribution in [0.25, 0.3) is 0 Å². The van der Waals surface area contributed by atoms with Gasteiger partial charge in [-0.15, -0.1) is 0 Å². The lowest BCUT2D eigenvalue weighted by molar-refractivity contribution is -0.239. The van der Waals surface area contributed by atoms with Gasteiger partial charge in [0, 0.05) is 12.3 Å². The smallest absolute Gasteiger partial charge is 0.302 e. The number of fused-ring (bicyclic) bond motifs is 3. The quantitative estimate of drug-likeness (QED) is 0.678. The molecular formula is C13H22O3. The first kappa shape index (κ1) is 11.9. The van der Waals surface area contributed by atoms with E-state index in [1.54, 1.807) is 0 Å². The average molecular weight is 226 g/mol. The molecule has 4 atom stereocenters. The first-order valence-electron chi connectivity index (χ1n) is 6.15. The summed E-state index contributed by atoms with van der Waals surface area (Å²) in [6, 6.07) is 0. The minimum Gasteiger partial charge on any atom is -0.465 e. The molecule has 3 rings (SSSR count). The van der Waals surface area contributed by atoms with E-state index >= 15 is 0 Å². The van der Waals surface area contributed by atoms with E-state index < -0.39 is 0 Å². The van der Waals surface area contributed by atoms with Crippen LogP contribution in [0, 0.1) is 17.3 Å². The SMILES string of the molecule is CC(=O)OCC12COC(C)(C[C@H]1C)C[C@@H]2C. The minimum atomic E-state index is -0.187. The second-order valence-electron chi connectivity index (χ2n) is 5.96. The highest BCUT2D eigenvalue weighted by Crippen LogP contribution is 2.55. The van der Waals surface area contributed by atoms with E-state index in [2.05, 4.69) is 20.8 Å². The average Bonchev–Trinajstić information content (AvgIpc) is 2.15. The summed E-state index contributed by atoms with van der Waals surface area (Å²) in [5, 5.41) is 0. The van der Waals surface area contributed by atoms with Gasteiger partial charge in [-0.25, -0.2) is 0 Å². The fourth-order valence-corrected chi connectivity index (χ4v) is 3.54. The molecule has 3 heteroatoms. The molecule has 1 saturated carbocycles. The highest BCUT2D eigenvalue weighted by Gasteiger charge is 2.56. The summed E-state index contributed by atoms with van der Waals surface area (Å²) < 4.78 is 11.2. The predicted molar refractivity (Wildman–Crippen MR) is 61.0 cm³/mol. The third-order valence-corrected chi connectivity index (χ3v) is 4.67. The number of carbonyl (C=O) groups excluding carboxylic acids is 1. The first-order valence-corrected chi connectivity index (χ1v) is 6.15. The Kier molecular flexibility index (Phi) is 2.77. The Morgan fingerprint density at radius 2 is 1.94 bits per heavy atom. The van der Waals surface area contributed by atoms with Crippen molar-refractivity contribution in [3.63, 3.8) is 0 Å². The Balaban J connectivity index is 2.15. The number of ether oxygens (including phenoxy) is 2. The number of carbonyl (C=O) groups is 1. The highest BCUT2D eigenvalue weighted by molar-refractivity contribution is 5.65. The molecule has 3 aliphatic rings. The van der Waals surface area contributed by atoms with E-state index in [9.17, 15) is 4.79 Å². The van der Waals surface area contributed by atoms with Crippen LogP contribution in [0.5, 0.6) is 0 Å². The lowest BCUT2D eigenvalue weighted by Gasteiger charge is -2.58. The van der Waals surface area contributed by atoms with Gasteiger partial charge in [-0.3, -0.25) is 4.79 Å². The summed E-state index contributed by atoms with van der Waals surface area (Å²) in [6.45, 7) is 9.46. The van der Waals surface area contributed by atoms with Crippen molar-refractivity contribution in [1.82, 2.24) is 0 Å². The van der Waals surface area contributed by atoms with Crippen LogP contribution in [0.4, 0.5) is 0 Å². The summed E-state index contributed by atoms with van der Waals surface area (Å²) in [4.78, 5) is 11.0. The summed E-state index contributed by atoms with van der Waals surface area (Å²) in [7, 11) is 0. The molecule has 92 valence electrons. The molecule has 0 radical (unpaired) electrons. The Bertz CT molecular complexity index is 286. The molecular weight excluding hydrogens is 204 g/mol. The van der Waals surface area contributed by atoms with E-state index in [0.717, 1.165) is 19.4 Å². The van der Waals surface area contributed by atoms with Crippen molar-refractivity contribution >= 4 is 5.97 Å². The topological polar surface area (TPSA) is 35.5 Å². The molecule has 2 heterocycles. The monoisotopic (exact) mass is 226 g/mol. The predicted octanol–water partition coefficient (Wildman–Crippen LogP) is 2.39. The van der Waals surface area contributed by atoms with Gasteiger partial charge >= 0.3 is 5.97 Å². The Labute approximate surface area is 97.5 Å². The van der Waals surface area contributed by atoms with Gasteiger partial charge in [0.15, 0.2) is 0 Å².